The number of ether oxygens (including phenoxy) is 1. The molecule has 1 fully saturated rings. The fourth-order valence-corrected chi connectivity index (χ4v) is 2.27. The molecular formula is C12H16ClNO. The van der Waals surface area contributed by atoms with Gasteiger partial charge in [0.1, 0.15) is 5.75 Å². The molecule has 1 atom stereocenters. The SMILES string of the molecule is COc1ccc(CC2CCNC2)c(Cl)c1. The van der Waals surface area contributed by atoms with Crippen LogP contribution in [0.5, 0.6) is 5.75 Å². The van der Waals surface area contributed by atoms with Crippen LogP contribution in [-0.4, -0.2) is 20.2 Å². The maximum atomic E-state index is 6.19. The summed E-state index contributed by atoms with van der Waals surface area (Å²) in [5.74, 6) is 1.56. The van der Waals surface area contributed by atoms with Crippen molar-refractivity contribution < 1.29 is 4.74 Å². The van der Waals surface area contributed by atoms with E-state index < -0.39 is 0 Å². The first-order chi connectivity index (χ1) is 7.29. The molecule has 1 aliphatic heterocycles. The molecule has 1 unspecified atom stereocenters. The van der Waals surface area contributed by atoms with Crippen molar-refractivity contribution in [3.05, 3.63) is 28.8 Å². The van der Waals surface area contributed by atoms with Gasteiger partial charge < -0.3 is 10.1 Å². The van der Waals surface area contributed by atoms with Crippen LogP contribution in [0.1, 0.15) is 12.0 Å². The number of nitrogens with one attached hydrogen (secondary N) is 1. The van der Waals surface area contributed by atoms with E-state index in [0.29, 0.717) is 0 Å². The van der Waals surface area contributed by atoms with E-state index in [1.807, 2.05) is 12.1 Å². The summed E-state index contributed by atoms with van der Waals surface area (Å²) in [5.41, 5.74) is 1.23. The van der Waals surface area contributed by atoms with E-state index in [4.69, 9.17) is 16.3 Å². The van der Waals surface area contributed by atoms with Crippen molar-refractivity contribution >= 4 is 11.6 Å². The van der Waals surface area contributed by atoms with E-state index in [9.17, 15) is 0 Å². The fourth-order valence-electron chi connectivity index (χ4n) is 2.02. The predicted molar refractivity (Wildman–Crippen MR) is 62.7 cm³/mol. The molecular weight excluding hydrogens is 210 g/mol. The lowest BCUT2D eigenvalue weighted by Crippen LogP contribution is -2.10. The van der Waals surface area contributed by atoms with Gasteiger partial charge in [0.25, 0.3) is 0 Å². The van der Waals surface area contributed by atoms with Gasteiger partial charge in [0.15, 0.2) is 0 Å². The van der Waals surface area contributed by atoms with Crippen LogP contribution in [0, 0.1) is 5.92 Å². The van der Waals surface area contributed by atoms with Gasteiger partial charge in [-0.3, -0.25) is 0 Å². The Kier molecular flexibility index (Phi) is 3.49. The molecule has 15 heavy (non-hydrogen) atoms. The third-order valence-electron chi connectivity index (χ3n) is 2.93. The molecule has 1 saturated heterocycles. The Hall–Kier alpha value is -0.730. The molecule has 0 spiro atoms. The molecule has 2 nitrogen and oxygen atoms in total. The van der Waals surface area contributed by atoms with Crippen molar-refractivity contribution in [2.24, 2.45) is 5.92 Å². The highest BCUT2D eigenvalue weighted by Crippen LogP contribution is 2.25. The largest absolute Gasteiger partial charge is 0.497 e. The molecule has 1 N–H and O–H groups in total. The highest BCUT2D eigenvalue weighted by molar-refractivity contribution is 6.31. The van der Waals surface area contributed by atoms with Crippen LogP contribution in [0.15, 0.2) is 18.2 Å². The zero-order valence-corrected chi connectivity index (χ0v) is 9.68. The van der Waals surface area contributed by atoms with E-state index in [-0.39, 0.29) is 0 Å². The summed E-state index contributed by atoms with van der Waals surface area (Å²) >= 11 is 6.19. The van der Waals surface area contributed by atoms with Crippen molar-refractivity contribution in [2.75, 3.05) is 20.2 Å². The van der Waals surface area contributed by atoms with Gasteiger partial charge in [-0.25, -0.2) is 0 Å². The molecule has 0 aromatic heterocycles. The average Bonchev–Trinajstić information content (AvgIpc) is 2.74. The molecule has 0 radical (unpaired) electrons. The van der Waals surface area contributed by atoms with Crippen LogP contribution in [-0.2, 0) is 6.42 Å². The summed E-state index contributed by atoms with van der Waals surface area (Å²) in [4.78, 5) is 0. The van der Waals surface area contributed by atoms with Crippen LogP contribution in [0.4, 0.5) is 0 Å². The van der Waals surface area contributed by atoms with Gasteiger partial charge in [-0.05, 0) is 49.5 Å². The highest BCUT2D eigenvalue weighted by Gasteiger charge is 2.16. The molecule has 0 saturated carbocycles. The maximum Gasteiger partial charge on any atom is 0.120 e. The van der Waals surface area contributed by atoms with Crippen molar-refractivity contribution in [1.82, 2.24) is 5.32 Å². The molecule has 3 heteroatoms. The number of halogens is 1. The molecule has 82 valence electrons. The summed E-state index contributed by atoms with van der Waals surface area (Å²) in [6.45, 7) is 2.25. The Labute approximate surface area is 95.6 Å². The smallest absolute Gasteiger partial charge is 0.120 e. The van der Waals surface area contributed by atoms with Crippen LogP contribution in [0.2, 0.25) is 5.02 Å². The van der Waals surface area contributed by atoms with Gasteiger partial charge >= 0.3 is 0 Å². The zero-order chi connectivity index (χ0) is 10.7. The Bertz CT molecular complexity index is 334. The third kappa shape index (κ3) is 2.64. The van der Waals surface area contributed by atoms with E-state index in [0.717, 1.165) is 36.2 Å². The first kappa shape index (κ1) is 10.8. The molecule has 1 aliphatic rings. The van der Waals surface area contributed by atoms with E-state index >= 15 is 0 Å². The lowest BCUT2D eigenvalue weighted by atomic mass is 9.98. The lowest BCUT2D eigenvalue weighted by Gasteiger charge is -2.10. The summed E-state index contributed by atoms with van der Waals surface area (Å²) in [6, 6.07) is 5.93. The second kappa shape index (κ2) is 4.86. The molecule has 1 heterocycles. The first-order valence-electron chi connectivity index (χ1n) is 5.32. The second-order valence-electron chi connectivity index (χ2n) is 4.02. The molecule has 1 aromatic rings. The number of hydrogen-bond donors (Lipinski definition) is 1. The van der Waals surface area contributed by atoms with Crippen LogP contribution in [0.3, 0.4) is 0 Å². The lowest BCUT2D eigenvalue weighted by molar-refractivity contribution is 0.414. The zero-order valence-electron chi connectivity index (χ0n) is 8.92. The van der Waals surface area contributed by atoms with Crippen molar-refractivity contribution in [3.8, 4) is 5.75 Å². The summed E-state index contributed by atoms with van der Waals surface area (Å²) in [6.07, 6.45) is 2.32. The quantitative estimate of drug-likeness (QED) is 0.854. The molecule has 1 aromatic carbocycles. The Morgan fingerprint density at radius 3 is 3.00 bits per heavy atom. The topological polar surface area (TPSA) is 21.3 Å². The van der Waals surface area contributed by atoms with Crippen molar-refractivity contribution in [3.63, 3.8) is 0 Å². The molecule has 0 amide bonds. The van der Waals surface area contributed by atoms with Gasteiger partial charge in [0, 0.05) is 5.02 Å². The standard InChI is InChI=1S/C12H16ClNO/c1-15-11-3-2-10(12(13)7-11)6-9-4-5-14-8-9/h2-3,7,9,14H,4-6,8H2,1H3. The van der Waals surface area contributed by atoms with Gasteiger partial charge in [-0.15, -0.1) is 0 Å². The number of benzene rings is 1. The highest BCUT2D eigenvalue weighted by atomic mass is 35.5. The van der Waals surface area contributed by atoms with Crippen molar-refractivity contribution in [1.29, 1.82) is 0 Å². The number of methoxy groups -OCH3 is 1. The Morgan fingerprint density at radius 2 is 2.40 bits per heavy atom. The first-order valence-corrected chi connectivity index (χ1v) is 5.70. The summed E-state index contributed by atoms with van der Waals surface area (Å²) in [5, 5.41) is 4.19. The maximum absolute atomic E-state index is 6.19. The van der Waals surface area contributed by atoms with E-state index in [2.05, 4.69) is 11.4 Å². The normalized spacial score (nSPS) is 20.5. The second-order valence-corrected chi connectivity index (χ2v) is 4.43. The van der Waals surface area contributed by atoms with Crippen LogP contribution >= 0.6 is 11.6 Å². The number of hydrogen-bond acceptors (Lipinski definition) is 2. The average molecular weight is 226 g/mol. The summed E-state index contributed by atoms with van der Waals surface area (Å²) in [7, 11) is 1.66. The Morgan fingerprint density at radius 1 is 1.53 bits per heavy atom. The monoisotopic (exact) mass is 225 g/mol. The van der Waals surface area contributed by atoms with Crippen molar-refractivity contribution in [2.45, 2.75) is 12.8 Å². The number of rotatable bonds is 3. The third-order valence-corrected chi connectivity index (χ3v) is 3.28. The van der Waals surface area contributed by atoms with Gasteiger partial charge in [-0.2, -0.15) is 0 Å². The van der Waals surface area contributed by atoms with Gasteiger partial charge in [-0.1, -0.05) is 17.7 Å². The fraction of sp³-hybridized carbons (Fsp3) is 0.500. The van der Waals surface area contributed by atoms with E-state index in [1.165, 1.54) is 12.0 Å². The van der Waals surface area contributed by atoms with Gasteiger partial charge in [0.2, 0.25) is 0 Å². The Balaban J connectivity index is 2.07. The summed E-state index contributed by atoms with van der Waals surface area (Å²) < 4.78 is 5.12. The molecule has 2 rings (SSSR count). The minimum absolute atomic E-state index is 0.732. The minimum Gasteiger partial charge on any atom is -0.497 e. The van der Waals surface area contributed by atoms with E-state index in [1.54, 1.807) is 7.11 Å². The minimum atomic E-state index is 0.732. The predicted octanol–water partition coefficient (Wildman–Crippen LogP) is 2.50. The molecule has 0 bridgehead atoms. The van der Waals surface area contributed by atoms with Gasteiger partial charge in [0.05, 0.1) is 7.11 Å². The molecule has 0 aliphatic carbocycles. The van der Waals surface area contributed by atoms with Crippen LogP contribution in [0.25, 0.3) is 0 Å². The van der Waals surface area contributed by atoms with Crippen LogP contribution < -0.4 is 10.1 Å².